The highest BCUT2D eigenvalue weighted by Gasteiger charge is 2.47. The number of furan rings is 1. The molecule has 1 fully saturated rings. The standard InChI is InChI=1S/C26H25NO4/c1-16-9-10-17(2)20(15-16)24(28)22-23(21-12-11-18(3)31-21)27(26(30)25(22)29)14-13-19-7-5-4-6-8-19/h4-12,15,23,28H,13-14H2,1-3H3. The molecule has 31 heavy (non-hydrogen) atoms. The molecule has 0 radical (unpaired) electrons. The van der Waals surface area contributed by atoms with Crippen molar-refractivity contribution in [1.82, 2.24) is 4.90 Å². The number of carbonyl (C=O) groups excluding carboxylic acids is 2. The molecule has 5 nitrogen and oxygen atoms in total. The Balaban J connectivity index is 1.80. The first-order chi connectivity index (χ1) is 14.9. The Bertz CT molecular complexity index is 1170. The maximum atomic E-state index is 13.1. The smallest absolute Gasteiger partial charge is 0.295 e. The molecule has 0 saturated carbocycles. The van der Waals surface area contributed by atoms with E-state index in [1.54, 1.807) is 12.1 Å². The van der Waals surface area contributed by atoms with Gasteiger partial charge in [-0.15, -0.1) is 0 Å². The summed E-state index contributed by atoms with van der Waals surface area (Å²) in [5.41, 5.74) is 3.47. The molecule has 2 aromatic carbocycles. The molecule has 0 spiro atoms. The maximum absolute atomic E-state index is 13.1. The first kappa shape index (κ1) is 20.7. The molecule has 1 aliphatic heterocycles. The van der Waals surface area contributed by atoms with Crippen molar-refractivity contribution in [3.63, 3.8) is 0 Å². The van der Waals surface area contributed by atoms with Gasteiger partial charge in [0.15, 0.2) is 0 Å². The fraction of sp³-hybridized carbons (Fsp3) is 0.231. The molecule has 2 heterocycles. The highest BCUT2D eigenvalue weighted by Crippen LogP contribution is 2.40. The highest BCUT2D eigenvalue weighted by atomic mass is 16.3. The molecule has 3 aromatic rings. The first-order valence-electron chi connectivity index (χ1n) is 10.3. The number of nitrogens with zero attached hydrogens (tertiary/aromatic N) is 1. The van der Waals surface area contributed by atoms with E-state index >= 15 is 0 Å². The summed E-state index contributed by atoms with van der Waals surface area (Å²) in [4.78, 5) is 27.6. The Kier molecular flexibility index (Phi) is 5.51. The van der Waals surface area contributed by atoms with E-state index in [-0.39, 0.29) is 11.3 Å². The van der Waals surface area contributed by atoms with Crippen molar-refractivity contribution in [2.75, 3.05) is 6.54 Å². The van der Waals surface area contributed by atoms with Gasteiger partial charge in [0.05, 0.1) is 5.57 Å². The van der Waals surface area contributed by atoms with Crippen molar-refractivity contribution in [2.45, 2.75) is 33.2 Å². The lowest BCUT2D eigenvalue weighted by atomic mass is 9.96. The van der Waals surface area contributed by atoms with Crippen molar-refractivity contribution in [1.29, 1.82) is 0 Å². The van der Waals surface area contributed by atoms with Crippen LogP contribution in [0.4, 0.5) is 0 Å². The van der Waals surface area contributed by atoms with Crippen LogP contribution in [0.5, 0.6) is 0 Å². The van der Waals surface area contributed by atoms with Gasteiger partial charge in [0.2, 0.25) is 0 Å². The number of aryl methyl sites for hydroxylation is 3. The Hall–Kier alpha value is -3.60. The zero-order chi connectivity index (χ0) is 22.1. The van der Waals surface area contributed by atoms with Crippen molar-refractivity contribution < 1.29 is 19.1 Å². The zero-order valence-electron chi connectivity index (χ0n) is 17.9. The number of likely N-dealkylation sites (tertiary alicyclic amines) is 1. The fourth-order valence-corrected chi connectivity index (χ4v) is 4.04. The molecule has 5 heteroatoms. The number of hydrogen-bond acceptors (Lipinski definition) is 4. The van der Waals surface area contributed by atoms with E-state index in [1.165, 1.54) is 4.90 Å². The van der Waals surface area contributed by atoms with Crippen LogP contribution < -0.4 is 0 Å². The summed E-state index contributed by atoms with van der Waals surface area (Å²) >= 11 is 0. The lowest BCUT2D eigenvalue weighted by molar-refractivity contribution is -0.140. The van der Waals surface area contributed by atoms with Crippen molar-refractivity contribution in [3.8, 4) is 0 Å². The van der Waals surface area contributed by atoms with Crippen LogP contribution in [0.1, 0.15) is 39.8 Å². The second kappa shape index (κ2) is 8.26. The summed E-state index contributed by atoms with van der Waals surface area (Å²) in [6, 6.07) is 18.2. The molecule has 1 N–H and O–H groups in total. The number of benzene rings is 2. The number of Topliss-reactive ketones (excluding diaryl/α,β-unsaturated/α-hetero) is 1. The van der Waals surface area contributed by atoms with E-state index in [9.17, 15) is 14.7 Å². The number of hydrogen-bond donors (Lipinski definition) is 1. The second-order valence-electron chi connectivity index (χ2n) is 7.99. The zero-order valence-corrected chi connectivity index (χ0v) is 17.9. The van der Waals surface area contributed by atoms with Crippen LogP contribution in [0.15, 0.2) is 70.7 Å². The highest BCUT2D eigenvalue weighted by molar-refractivity contribution is 6.46. The van der Waals surface area contributed by atoms with Crippen LogP contribution in [0, 0.1) is 20.8 Å². The summed E-state index contributed by atoms with van der Waals surface area (Å²) in [7, 11) is 0. The van der Waals surface area contributed by atoms with Gasteiger partial charge >= 0.3 is 0 Å². The number of aliphatic hydroxyl groups excluding tert-OH is 1. The van der Waals surface area contributed by atoms with Crippen LogP contribution in [-0.2, 0) is 16.0 Å². The minimum Gasteiger partial charge on any atom is -0.507 e. The summed E-state index contributed by atoms with van der Waals surface area (Å²) in [5, 5.41) is 11.2. The number of ketones is 1. The molecule has 158 valence electrons. The minimum absolute atomic E-state index is 0.0705. The van der Waals surface area contributed by atoms with Gasteiger partial charge in [0, 0.05) is 12.1 Å². The van der Waals surface area contributed by atoms with E-state index < -0.39 is 17.7 Å². The average Bonchev–Trinajstić information content (AvgIpc) is 3.30. The predicted octanol–water partition coefficient (Wildman–Crippen LogP) is 4.87. The predicted molar refractivity (Wildman–Crippen MR) is 119 cm³/mol. The summed E-state index contributed by atoms with van der Waals surface area (Å²) in [5.74, 6) is -0.333. The lowest BCUT2D eigenvalue weighted by Crippen LogP contribution is -2.31. The Morgan fingerprint density at radius 1 is 1.00 bits per heavy atom. The van der Waals surface area contributed by atoms with Crippen LogP contribution >= 0.6 is 0 Å². The maximum Gasteiger partial charge on any atom is 0.295 e. The van der Waals surface area contributed by atoms with Crippen molar-refractivity contribution >= 4 is 17.4 Å². The minimum atomic E-state index is -0.766. The molecule has 1 atom stereocenters. The summed E-state index contributed by atoms with van der Waals surface area (Å²) in [6.45, 7) is 5.93. The van der Waals surface area contributed by atoms with Crippen LogP contribution in [-0.4, -0.2) is 28.2 Å². The van der Waals surface area contributed by atoms with Crippen molar-refractivity contribution in [3.05, 3.63) is 100 Å². The van der Waals surface area contributed by atoms with E-state index in [1.807, 2.05) is 69.3 Å². The molecule has 4 rings (SSSR count). The van der Waals surface area contributed by atoms with Gasteiger partial charge in [0.1, 0.15) is 23.3 Å². The van der Waals surface area contributed by atoms with Gasteiger partial charge < -0.3 is 14.4 Å². The molecular formula is C26H25NO4. The molecule has 1 saturated heterocycles. The van der Waals surface area contributed by atoms with E-state index in [0.29, 0.717) is 30.0 Å². The molecule has 1 unspecified atom stereocenters. The Labute approximate surface area is 181 Å². The normalized spacial score (nSPS) is 18.0. The van der Waals surface area contributed by atoms with Gasteiger partial charge in [-0.1, -0.05) is 48.0 Å². The van der Waals surface area contributed by atoms with Crippen LogP contribution in [0.25, 0.3) is 5.76 Å². The molecule has 0 bridgehead atoms. The molecular weight excluding hydrogens is 390 g/mol. The van der Waals surface area contributed by atoms with Gasteiger partial charge in [0.25, 0.3) is 11.7 Å². The third-order valence-corrected chi connectivity index (χ3v) is 5.70. The third kappa shape index (κ3) is 3.91. The van der Waals surface area contributed by atoms with Gasteiger partial charge in [-0.2, -0.15) is 0 Å². The van der Waals surface area contributed by atoms with Crippen LogP contribution in [0.2, 0.25) is 0 Å². The number of amides is 1. The SMILES string of the molecule is Cc1ccc(C)c(C(O)=C2C(=O)C(=O)N(CCc3ccccc3)C2c2ccc(C)o2)c1. The summed E-state index contributed by atoms with van der Waals surface area (Å²) in [6.07, 6.45) is 0.591. The molecule has 1 amide bonds. The monoisotopic (exact) mass is 415 g/mol. The van der Waals surface area contributed by atoms with Gasteiger partial charge in [-0.25, -0.2) is 0 Å². The molecule has 1 aromatic heterocycles. The van der Waals surface area contributed by atoms with E-state index in [4.69, 9.17) is 4.42 Å². The first-order valence-corrected chi connectivity index (χ1v) is 10.3. The second-order valence-corrected chi connectivity index (χ2v) is 7.99. The Morgan fingerprint density at radius 3 is 2.42 bits per heavy atom. The quantitative estimate of drug-likeness (QED) is 0.367. The van der Waals surface area contributed by atoms with Crippen LogP contribution in [0.3, 0.4) is 0 Å². The number of aliphatic hydroxyl groups is 1. The number of rotatable bonds is 5. The van der Waals surface area contributed by atoms with Gasteiger partial charge in [-0.05, 0) is 56.5 Å². The number of carbonyl (C=O) groups is 2. The molecule has 0 aliphatic carbocycles. The molecule has 1 aliphatic rings. The van der Waals surface area contributed by atoms with Gasteiger partial charge in [-0.3, -0.25) is 9.59 Å². The lowest BCUT2D eigenvalue weighted by Gasteiger charge is -2.23. The Morgan fingerprint density at radius 2 is 1.74 bits per heavy atom. The topological polar surface area (TPSA) is 70.8 Å². The largest absolute Gasteiger partial charge is 0.507 e. The third-order valence-electron chi connectivity index (χ3n) is 5.70. The summed E-state index contributed by atoms with van der Waals surface area (Å²) < 4.78 is 5.83. The van der Waals surface area contributed by atoms with E-state index in [2.05, 4.69) is 0 Å². The van der Waals surface area contributed by atoms with Crippen molar-refractivity contribution in [2.24, 2.45) is 0 Å². The van der Waals surface area contributed by atoms with E-state index in [0.717, 1.165) is 16.7 Å². The average molecular weight is 415 g/mol. The fourth-order valence-electron chi connectivity index (χ4n) is 4.04.